The Morgan fingerprint density at radius 3 is 2.38 bits per heavy atom. The molecule has 0 radical (unpaired) electrons. The van der Waals surface area contributed by atoms with Crippen LogP contribution >= 0.6 is 0 Å². The zero-order valence-corrected chi connectivity index (χ0v) is 14.4. The van der Waals surface area contributed by atoms with Gasteiger partial charge in [0.05, 0.1) is 0 Å². The maximum Gasteiger partial charge on any atom is 0.255 e. The zero-order valence-electron chi connectivity index (χ0n) is 14.4. The Bertz CT molecular complexity index is 635. The number of amides is 1. The van der Waals surface area contributed by atoms with Gasteiger partial charge in [-0.25, -0.2) is 0 Å². The van der Waals surface area contributed by atoms with Crippen LogP contribution in [-0.2, 0) is 6.42 Å². The summed E-state index contributed by atoms with van der Waals surface area (Å²) in [4.78, 5) is 12.1. The number of phenols is 1. The number of rotatable bonds is 9. The number of hydrogen-bond acceptors (Lipinski definition) is 2. The Kier molecular flexibility index (Phi) is 7.34. The van der Waals surface area contributed by atoms with Gasteiger partial charge in [-0.15, -0.1) is 0 Å². The molecule has 128 valence electrons. The van der Waals surface area contributed by atoms with Crippen molar-refractivity contribution in [3.8, 4) is 5.75 Å². The second kappa shape index (κ2) is 9.76. The third-order valence-corrected chi connectivity index (χ3v) is 4.14. The molecule has 2 rings (SSSR count). The summed E-state index contributed by atoms with van der Waals surface area (Å²) in [5, 5.41) is 12.3. The number of carbonyl (C=O) groups excluding carboxylic acids is 1. The lowest BCUT2D eigenvalue weighted by Crippen LogP contribution is -2.11. The third-order valence-electron chi connectivity index (χ3n) is 4.14. The predicted molar refractivity (Wildman–Crippen MR) is 99.6 cm³/mol. The molecule has 0 atom stereocenters. The predicted octanol–water partition coefficient (Wildman–Crippen LogP) is 5.55. The van der Waals surface area contributed by atoms with Gasteiger partial charge in [-0.1, -0.05) is 57.2 Å². The van der Waals surface area contributed by atoms with E-state index >= 15 is 0 Å². The van der Waals surface area contributed by atoms with Gasteiger partial charge in [0.1, 0.15) is 5.75 Å². The van der Waals surface area contributed by atoms with E-state index in [-0.39, 0.29) is 11.7 Å². The van der Waals surface area contributed by atoms with Crippen molar-refractivity contribution in [2.24, 2.45) is 0 Å². The summed E-state index contributed by atoms with van der Waals surface area (Å²) in [6, 6.07) is 14.4. The summed E-state index contributed by atoms with van der Waals surface area (Å²) in [7, 11) is 0. The Labute approximate surface area is 144 Å². The third kappa shape index (κ3) is 6.07. The molecule has 2 aromatic carbocycles. The highest BCUT2D eigenvalue weighted by Gasteiger charge is 2.06. The minimum Gasteiger partial charge on any atom is -0.508 e. The smallest absolute Gasteiger partial charge is 0.255 e. The molecule has 3 nitrogen and oxygen atoms in total. The van der Waals surface area contributed by atoms with Crippen LogP contribution in [-0.4, -0.2) is 11.0 Å². The summed E-state index contributed by atoms with van der Waals surface area (Å²) in [6.45, 7) is 2.24. The first-order valence-electron chi connectivity index (χ1n) is 8.88. The van der Waals surface area contributed by atoms with E-state index in [4.69, 9.17) is 0 Å². The second-order valence-electron chi connectivity index (χ2n) is 6.22. The molecule has 0 fully saturated rings. The number of aromatic hydroxyl groups is 1. The molecule has 0 aliphatic heterocycles. The molecule has 3 heteroatoms. The molecule has 0 aliphatic rings. The van der Waals surface area contributed by atoms with Crippen LogP contribution in [0.5, 0.6) is 5.75 Å². The molecule has 0 saturated heterocycles. The molecule has 0 bridgehead atoms. The standard InChI is InChI=1S/C21H27NO2/c1-2-3-4-5-6-7-9-17-12-14-19(15-13-17)22-21(24)18-10-8-11-20(23)16-18/h8,10-16,23H,2-7,9H2,1H3,(H,22,24). The van der Waals surface area contributed by atoms with E-state index in [1.165, 1.54) is 50.2 Å². The number of benzene rings is 2. The van der Waals surface area contributed by atoms with Gasteiger partial charge in [0.2, 0.25) is 0 Å². The number of aryl methyl sites for hydroxylation is 1. The largest absolute Gasteiger partial charge is 0.508 e. The molecule has 0 saturated carbocycles. The summed E-state index contributed by atoms with van der Waals surface area (Å²) in [5.41, 5.74) is 2.53. The van der Waals surface area contributed by atoms with Crippen LogP contribution in [0.3, 0.4) is 0 Å². The Morgan fingerprint density at radius 1 is 0.958 bits per heavy atom. The van der Waals surface area contributed by atoms with Crippen molar-refractivity contribution in [2.45, 2.75) is 51.9 Å². The highest BCUT2D eigenvalue weighted by Crippen LogP contribution is 2.16. The molecule has 0 aromatic heterocycles. The van der Waals surface area contributed by atoms with Crippen molar-refractivity contribution in [3.05, 3.63) is 59.7 Å². The summed E-state index contributed by atoms with van der Waals surface area (Å²) < 4.78 is 0. The lowest BCUT2D eigenvalue weighted by atomic mass is 10.0. The van der Waals surface area contributed by atoms with E-state index in [0.29, 0.717) is 5.56 Å². The van der Waals surface area contributed by atoms with Crippen molar-refractivity contribution in [1.82, 2.24) is 0 Å². The monoisotopic (exact) mass is 325 g/mol. The van der Waals surface area contributed by atoms with Crippen LogP contribution in [0.15, 0.2) is 48.5 Å². The average molecular weight is 325 g/mol. The van der Waals surface area contributed by atoms with Gasteiger partial charge < -0.3 is 10.4 Å². The van der Waals surface area contributed by atoms with Crippen LogP contribution in [0.25, 0.3) is 0 Å². The van der Waals surface area contributed by atoms with Crippen molar-refractivity contribution in [1.29, 1.82) is 0 Å². The van der Waals surface area contributed by atoms with Gasteiger partial charge in [0, 0.05) is 11.3 Å². The highest BCUT2D eigenvalue weighted by molar-refractivity contribution is 6.04. The molecule has 0 unspecified atom stereocenters. The van der Waals surface area contributed by atoms with E-state index in [1.807, 2.05) is 12.1 Å². The maximum atomic E-state index is 12.1. The fraction of sp³-hybridized carbons (Fsp3) is 0.381. The second-order valence-corrected chi connectivity index (χ2v) is 6.22. The van der Waals surface area contributed by atoms with Crippen LogP contribution in [0, 0.1) is 0 Å². The van der Waals surface area contributed by atoms with E-state index < -0.39 is 0 Å². The molecular weight excluding hydrogens is 298 g/mol. The van der Waals surface area contributed by atoms with Crippen LogP contribution in [0.4, 0.5) is 5.69 Å². The number of hydrogen-bond donors (Lipinski definition) is 2. The number of nitrogens with one attached hydrogen (secondary N) is 1. The molecule has 0 aliphatic carbocycles. The lowest BCUT2D eigenvalue weighted by molar-refractivity contribution is 0.102. The number of carbonyl (C=O) groups is 1. The van der Waals surface area contributed by atoms with E-state index in [9.17, 15) is 9.90 Å². The molecule has 2 aromatic rings. The van der Waals surface area contributed by atoms with E-state index in [2.05, 4.69) is 24.4 Å². The van der Waals surface area contributed by atoms with Crippen LogP contribution in [0.1, 0.15) is 61.4 Å². The minimum atomic E-state index is -0.213. The Balaban J connectivity index is 1.78. The lowest BCUT2D eigenvalue weighted by Gasteiger charge is -2.07. The van der Waals surface area contributed by atoms with Gasteiger partial charge in [0.15, 0.2) is 0 Å². The van der Waals surface area contributed by atoms with E-state index in [1.54, 1.807) is 18.2 Å². The maximum absolute atomic E-state index is 12.1. The fourth-order valence-electron chi connectivity index (χ4n) is 2.71. The first kappa shape index (κ1) is 18.1. The van der Waals surface area contributed by atoms with Gasteiger partial charge in [-0.05, 0) is 48.7 Å². The van der Waals surface area contributed by atoms with Gasteiger partial charge in [0.25, 0.3) is 5.91 Å². The average Bonchev–Trinajstić information content (AvgIpc) is 2.59. The molecule has 0 spiro atoms. The minimum absolute atomic E-state index is 0.0944. The quantitative estimate of drug-likeness (QED) is 0.594. The highest BCUT2D eigenvalue weighted by atomic mass is 16.3. The molecule has 1 amide bonds. The summed E-state index contributed by atoms with van der Waals surface area (Å²) >= 11 is 0. The van der Waals surface area contributed by atoms with Crippen LogP contribution in [0.2, 0.25) is 0 Å². The van der Waals surface area contributed by atoms with Crippen molar-refractivity contribution >= 4 is 11.6 Å². The van der Waals surface area contributed by atoms with Crippen LogP contribution < -0.4 is 5.32 Å². The van der Waals surface area contributed by atoms with Crippen molar-refractivity contribution in [2.75, 3.05) is 5.32 Å². The first-order valence-corrected chi connectivity index (χ1v) is 8.88. The normalized spacial score (nSPS) is 10.5. The summed E-state index contributed by atoms with van der Waals surface area (Å²) in [5.74, 6) is -0.119. The van der Waals surface area contributed by atoms with Crippen molar-refractivity contribution in [3.63, 3.8) is 0 Å². The fourth-order valence-corrected chi connectivity index (χ4v) is 2.71. The van der Waals surface area contributed by atoms with Gasteiger partial charge in [-0.3, -0.25) is 4.79 Å². The molecule has 24 heavy (non-hydrogen) atoms. The van der Waals surface area contributed by atoms with E-state index in [0.717, 1.165) is 12.1 Å². The van der Waals surface area contributed by atoms with Gasteiger partial charge >= 0.3 is 0 Å². The number of anilines is 1. The topological polar surface area (TPSA) is 49.3 Å². The SMILES string of the molecule is CCCCCCCCc1ccc(NC(=O)c2cccc(O)c2)cc1. The Morgan fingerprint density at radius 2 is 1.67 bits per heavy atom. The zero-order chi connectivity index (χ0) is 17.2. The Hall–Kier alpha value is -2.29. The van der Waals surface area contributed by atoms with Gasteiger partial charge in [-0.2, -0.15) is 0 Å². The molecular formula is C21H27NO2. The van der Waals surface area contributed by atoms with Crippen molar-refractivity contribution < 1.29 is 9.90 Å². The summed E-state index contributed by atoms with van der Waals surface area (Å²) in [6.07, 6.45) is 8.90. The molecule has 0 heterocycles. The number of phenolic OH excluding ortho intramolecular Hbond substituents is 1. The number of unbranched alkanes of at least 4 members (excludes halogenated alkanes) is 5. The molecule has 2 N–H and O–H groups in total. The first-order chi connectivity index (χ1) is 11.7.